The number of amides is 1. The molecule has 0 unspecified atom stereocenters. The van der Waals surface area contributed by atoms with E-state index in [4.69, 9.17) is 0 Å². The first-order valence-electron chi connectivity index (χ1n) is 7.84. The number of hydrogen-bond donors (Lipinski definition) is 1. The minimum Gasteiger partial charge on any atom is -0.372 e. The molecular formula is C17H19Br2N5O. The number of azo groups is 1. The van der Waals surface area contributed by atoms with Crippen LogP contribution in [0.3, 0.4) is 0 Å². The van der Waals surface area contributed by atoms with Gasteiger partial charge in [0.2, 0.25) is 5.91 Å². The van der Waals surface area contributed by atoms with Gasteiger partial charge in [0.1, 0.15) is 16.0 Å². The highest BCUT2D eigenvalue weighted by Crippen LogP contribution is 2.35. The number of halogens is 2. The van der Waals surface area contributed by atoms with E-state index in [9.17, 15) is 4.79 Å². The zero-order valence-electron chi connectivity index (χ0n) is 14.3. The average Bonchev–Trinajstić information content (AvgIpc) is 2.56. The van der Waals surface area contributed by atoms with Crippen LogP contribution in [0.15, 0.2) is 49.8 Å². The van der Waals surface area contributed by atoms with Gasteiger partial charge < -0.3 is 10.2 Å². The number of carbonyl (C=O) groups is 1. The molecule has 1 aromatic heterocycles. The SMILES string of the molecule is CCN(CC)c1ccc(N=Nc2c(Br)ccnc2Br)c(NC(C)=O)c1. The number of carbonyl (C=O) groups excluding carboxylic acids is 1. The van der Waals surface area contributed by atoms with Crippen molar-refractivity contribution in [2.24, 2.45) is 10.2 Å². The van der Waals surface area contributed by atoms with Crippen molar-refractivity contribution in [1.82, 2.24) is 4.98 Å². The van der Waals surface area contributed by atoms with E-state index in [0.717, 1.165) is 23.2 Å². The molecule has 0 aliphatic carbocycles. The molecule has 0 aliphatic rings. The Balaban J connectivity index is 2.42. The fourth-order valence-electron chi connectivity index (χ4n) is 2.29. The first-order chi connectivity index (χ1) is 12.0. The molecule has 0 fully saturated rings. The first kappa shape index (κ1) is 19.5. The normalized spacial score (nSPS) is 10.9. The van der Waals surface area contributed by atoms with Crippen molar-refractivity contribution in [2.75, 3.05) is 23.3 Å². The van der Waals surface area contributed by atoms with Gasteiger partial charge in [-0.05, 0) is 70.0 Å². The summed E-state index contributed by atoms with van der Waals surface area (Å²) < 4.78 is 1.37. The summed E-state index contributed by atoms with van der Waals surface area (Å²) >= 11 is 6.79. The maximum absolute atomic E-state index is 11.5. The van der Waals surface area contributed by atoms with Crippen LogP contribution >= 0.6 is 31.9 Å². The molecule has 0 aliphatic heterocycles. The predicted molar refractivity (Wildman–Crippen MR) is 108 cm³/mol. The quantitative estimate of drug-likeness (QED) is 0.428. The van der Waals surface area contributed by atoms with E-state index in [1.807, 2.05) is 18.2 Å². The maximum Gasteiger partial charge on any atom is 0.221 e. The van der Waals surface area contributed by atoms with Crippen LogP contribution in [0, 0.1) is 0 Å². The Morgan fingerprint density at radius 1 is 1.20 bits per heavy atom. The molecule has 2 aromatic rings. The Morgan fingerprint density at radius 3 is 2.52 bits per heavy atom. The lowest BCUT2D eigenvalue weighted by atomic mass is 10.2. The summed E-state index contributed by atoms with van der Waals surface area (Å²) in [7, 11) is 0. The maximum atomic E-state index is 11.5. The summed E-state index contributed by atoms with van der Waals surface area (Å²) in [6.07, 6.45) is 1.66. The summed E-state index contributed by atoms with van der Waals surface area (Å²) in [6.45, 7) is 7.41. The first-order valence-corrected chi connectivity index (χ1v) is 9.43. The van der Waals surface area contributed by atoms with Crippen molar-refractivity contribution in [3.8, 4) is 0 Å². The molecule has 132 valence electrons. The lowest BCUT2D eigenvalue weighted by Gasteiger charge is -2.22. The Kier molecular flexibility index (Phi) is 7.07. The molecule has 0 saturated heterocycles. The number of rotatable bonds is 6. The monoisotopic (exact) mass is 467 g/mol. The third-order valence-electron chi connectivity index (χ3n) is 3.51. The van der Waals surface area contributed by atoms with Crippen molar-refractivity contribution in [3.63, 3.8) is 0 Å². The van der Waals surface area contributed by atoms with Crippen LogP contribution in [0.2, 0.25) is 0 Å². The Bertz CT molecular complexity index is 770. The smallest absolute Gasteiger partial charge is 0.221 e. The minimum atomic E-state index is -0.156. The lowest BCUT2D eigenvalue weighted by Crippen LogP contribution is -2.21. The van der Waals surface area contributed by atoms with Crippen molar-refractivity contribution in [3.05, 3.63) is 39.5 Å². The molecule has 1 aromatic carbocycles. The van der Waals surface area contributed by atoms with Crippen molar-refractivity contribution in [2.45, 2.75) is 20.8 Å². The summed E-state index contributed by atoms with van der Waals surface area (Å²) in [5.74, 6) is -0.156. The number of anilines is 2. The third kappa shape index (κ3) is 5.09. The highest BCUT2D eigenvalue weighted by molar-refractivity contribution is 9.11. The number of benzene rings is 1. The fourth-order valence-corrected chi connectivity index (χ4v) is 3.35. The van der Waals surface area contributed by atoms with E-state index in [1.54, 1.807) is 12.3 Å². The van der Waals surface area contributed by atoms with E-state index in [2.05, 4.69) is 71.1 Å². The molecule has 1 amide bonds. The Morgan fingerprint density at radius 2 is 1.92 bits per heavy atom. The number of nitrogens with one attached hydrogen (secondary N) is 1. The van der Waals surface area contributed by atoms with Crippen molar-refractivity contribution < 1.29 is 4.79 Å². The highest BCUT2D eigenvalue weighted by Gasteiger charge is 2.10. The van der Waals surface area contributed by atoms with Gasteiger partial charge in [0.15, 0.2) is 0 Å². The Labute approximate surface area is 164 Å². The van der Waals surface area contributed by atoms with Gasteiger partial charge in [-0.2, -0.15) is 0 Å². The van der Waals surface area contributed by atoms with Gasteiger partial charge >= 0.3 is 0 Å². The number of hydrogen-bond acceptors (Lipinski definition) is 5. The van der Waals surface area contributed by atoms with Crippen molar-refractivity contribution >= 4 is 60.5 Å². The Hall–Kier alpha value is -1.80. The van der Waals surface area contributed by atoms with Gasteiger partial charge in [-0.1, -0.05) is 0 Å². The van der Waals surface area contributed by atoms with Gasteiger partial charge in [-0.3, -0.25) is 4.79 Å². The van der Waals surface area contributed by atoms with Crippen molar-refractivity contribution in [1.29, 1.82) is 0 Å². The summed E-state index contributed by atoms with van der Waals surface area (Å²) in [5, 5.41) is 11.4. The average molecular weight is 469 g/mol. The van der Waals surface area contributed by atoms with E-state index >= 15 is 0 Å². The van der Waals surface area contributed by atoms with Crippen LogP contribution in [0.25, 0.3) is 0 Å². The molecule has 0 radical (unpaired) electrons. The minimum absolute atomic E-state index is 0.156. The molecule has 1 heterocycles. The van der Waals surface area contributed by atoms with Crippen LogP contribution in [-0.4, -0.2) is 24.0 Å². The molecule has 8 heteroatoms. The summed E-state index contributed by atoms with van der Waals surface area (Å²) in [5.41, 5.74) is 2.81. The second kappa shape index (κ2) is 9.05. The third-order valence-corrected chi connectivity index (χ3v) is 4.73. The standard InChI is InChI=1S/C17H19Br2N5O/c1-4-24(5-2)12-6-7-14(15(10-12)21-11(3)25)22-23-16-13(18)8-9-20-17(16)19/h6-10H,4-5H2,1-3H3,(H,21,25). The molecule has 1 N–H and O–H groups in total. The summed E-state index contributed by atoms with van der Waals surface area (Å²) in [4.78, 5) is 17.9. The van der Waals surface area contributed by atoms with Gasteiger partial charge in [-0.15, -0.1) is 10.2 Å². The van der Waals surface area contributed by atoms with Crippen LogP contribution in [-0.2, 0) is 4.79 Å². The summed E-state index contributed by atoms with van der Waals surface area (Å²) in [6, 6.07) is 7.52. The molecule has 0 spiro atoms. The zero-order valence-corrected chi connectivity index (χ0v) is 17.4. The number of nitrogens with zero attached hydrogens (tertiary/aromatic N) is 4. The van der Waals surface area contributed by atoms with Crippen LogP contribution in [0.5, 0.6) is 0 Å². The molecule has 0 atom stereocenters. The lowest BCUT2D eigenvalue weighted by molar-refractivity contribution is -0.114. The molecular weight excluding hydrogens is 450 g/mol. The number of pyridine rings is 1. The number of aromatic nitrogens is 1. The van der Waals surface area contributed by atoms with E-state index < -0.39 is 0 Å². The van der Waals surface area contributed by atoms with Crippen LogP contribution in [0.4, 0.5) is 22.7 Å². The fraction of sp³-hybridized carbons (Fsp3) is 0.294. The zero-order chi connectivity index (χ0) is 18.4. The molecule has 25 heavy (non-hydrogen) atoms. The van der Waals surface area contributed by atoms with Gasteiger partial charge in [0, 0.05) is 36.4 Å². The predicted octanol–water partition coefficient (Wildman–Crippen LogP) is 5.83. The van der Waals surface area contributed by atoms with E-state index in [-0.39, 0.29) is 5.91 Å². The van der Waals surface area contributed by atoms with Crippen LogP contribution in [0.1, 0.15) is 20.8 Å². The molecule has 2 rings (SSSR count). The molecule has 0 bridgehead atoms. The second-order valence-electron chi connectivity index (χ2n) is 5.19. The largest absolute Gasteiger partial charge is 0.372 e. The van der Waals surface area contributed by atoms with E-state index in [1.165, 1.54) is 6.92 Å². The molecule has 0 saturated carbocycles. The van der Waals surface area contributed by atoms with Gasteiger partial charge in [0.25, 0.3) is 0 Å². The second-order valence-corrected chi connectivity index (χ2v) is 6.79. The topological polar surface area (TPSA) is 70.0 Å². The van der Waals surface area contributed by atoms with Gasteiger partial charge in [0.05, 0.1) is 5.69 Å². The van der Waals surface area contributed by atoms with Gasteiger partial charge in [-0.25, -0.2) is 4.98 Å². The highest BCUT2D eigenvalue weighted by atomic mass is 79.9. The van der Waals surface area contributed by atoms with Crippen LogP contribution < -0.4 is 10.2 Å². The molecule has 6 nitrogen and oxygen atoms in total. The van der Waals surface area contributed by atoms with E-state index in [0.29, 0.717) is 21.7 Å².